The molecule has 3 aliphatic heterocycles. The van der Waals surface area contributed by atoms with Crippen molar-refractivity contribution in [3.8, 4) is 34.3 Å². The van der Waals surface area contributed by atoms with Crippen molar-refractivity contribution in [2.45, 2.75) is 63.0 Å². The number of rotatable bonds is 16. The highest BCUT2D eigenvalue weighted by Crippen LogP contribution is 2.56. The Morgan fingerprint density at radius 3 is 2.22 bits per heavy atom. The predicted octanol–water partition coefficient (Wildman–Crippen LogP) is 9.87. The number of hydrogen-bond acceptors (Lipinski definition) is 9. The fourth-order valence-electron chi connectivity index (χ4n) is 9.30. The van der Waals surface area contributed by atoms with Crippen LogP contribution in [0.3, 0.4) is 0 Å². The number of halogens is 1. The number of benzene rings is 6. The van der Waals surface area contributed by atoms with Crippen molar-refractivity contribution >= 4 is 23.6 Å². The third-order valence-corrected chi connectivity index (χ3v) is 12.7. The van der Waals surface area contributed by atoms with Crippen LogP contribution in [0.25, 0.3) is 11.3 Å². The fraction of sp³-hybridized carbons (Fsp3) is 0.218. The van der Waals surface area contributed by atoms with E-state index in [0.29, 0.717) is 81.7 Å². The number of ether oxygens (including phenoxy) is 3. The number of unbranched alkanes of at least 4 members (excludes halogenated alkanes) is 5. The number of nitrogens with zero attached hydrogens (tertiary/aromatic N) is 2. The molecule has 11 nitrogen and oxygen atoms in total. The molecular weight excluding hydrogens is 848 g/mol. The molecule has 12 heteroatoms. The van der Waals surface area contributed by atoms with Gasteiger partial charge in [0.05, 0.1) is 12.2 Å². The number of fused-ring (bicyclic) bond motifs is 7. The Bertz CT molecular complexity index is 2970. The van der Waals surface area contributed by atoms with Gasteiger partial charge in [-0.3, -0.25) is 10.1 Å². The molecule has 1 aromatic heterocycles. The Kier molecular flexibility index (Phi) is 11.9. The second kappa shape index (κ2) is 18.6. The number of anilines is 1. The lowest BCUT2D eigenvalue weighted by atomic mass is 9.77. The maximum atomic E-state index is 15.3. The van der Waals surface area contributed by atoms with E-state index in [2.05, 4.69) is 10.6 Å². The molecule has 10 rings (SSSR count). The zero-order valence-electron chi connectivity index (χ0n) is 36.7. The van der Waals surface area contributed by atoms with Gasteiger partial charge in [0, 0.05) is 47.2 Å². The van der Waals surface area contributed by atoms with Crippen LogP contribution >= 0.6 is 0 Å². The fourth-order valence-corrected chi connectivity index (χ4v) is 9.30. The molecule has 4 heterocycles. The third-order valence-electron chi connectivity index (χ3n) is 12.7. The number of phenolic OH excluding ortho intramolecular Hbond substituents is 1. The zero-order valence-corrected chi connectivity index (χ0v) is 36.7. The number of phenols is 1. The summed E-state index contributed by atoms with van der Waals surface area (Å²) in [6, 6.07) is 40.9. The molecule has 0 aliphatic carbocycles. The summed E-state index contributed by atoms with van der Waals surface area (Å²) in [5, 5.41) is 16.2. The SMILES string of the molecule is O=C(NCCCCCCCCOc1ccc(CC2Nc3c(Cc4ccccc4)nc(-c4ccc(O)cc4)c[n+]3C2=O)cc1F)c1ccc2c(c1)C1(OC2=O)c2ccccc2Oc2ccccc21. The van der Waals surface area contributed by atoms with Crippen molar-refractivity contribution in [3.05, 3.63) is 196 Å². The number of esters is 1. The number of para-hydroxylation sites is 2. The molecule has 1 amide bonds. The summed E-state index contributed by atoms with van der Waals surface area (Å²) in [4.78, 5) is 45.4. The van der Waals surface area contributed by atoms with Gasteiger partial charge in [0.25, 0.3) is 5.91 Å². The summed E-state index contributed by atoms with van der Waals surface area (Å²) >= 11 is 0. The lowest BCUT2D eigenvalue weighted by Gasteiger charge is -2.36. The van der Waals surface area contributed by atoms with Crippen molar-refractivity contribution in [3.63, 3.8) is 0 Å². The number of carbonyl (C=O) groups is 3. The zero-order chi connectivity index (χ0) is 45.9. The van der Waals surface area contributed by atoms with Crippen LogP contribution in [-0.2, 0) is 23.2 Å². The lowest BCUT2D eigenvalue weighted by Crippen LogP contribution is -2.44. The average molecular weight is 896 g/mol. The number of hydrogen-bond donors (Lipinski definition) is 3. The molecule has 0 fully saturated rings. The molecule has 0 bridgehead atoms. The van der Waals surface area contributed by atoms with Crippen molar-refractivity contribution in [1.82, 2.24) is 10.3 Å². The van der Waals surface area contributed by atoms with Crippen molar-refractivity contribution in [1.29, 1.82) is 0 Å². The van der Waals surface area contributed by atoms with Crippen LogP contribution in [0.1, 0.15) is 97.5 Å². The molecule has 7 aromatic rings. The van der Waals surface area contributed by atoms with Gasteiger partial charge < -0.3 is 24.6 Å². The van der Waals surface area contributed by atoms with E-state index in [1.54, 1.807) is 65.4 Å². The second-order valence-electron chi connectivity index (χ2n) is 17.2. The molecular formula is C55H48FN4O7+. The Morgan fingerprint density at radius 1 is 0.776 bits per heavy atom. The summed E-state index contributed by atoms with van der Waals surface area (Å²) in [6.45, 7) is 0.893. The first kappa shape index (κ1) is 43.1. The van der Waals surface area contributed by atoms with Gasteiger partial charge in [-0.1, -0.05) is 98.5 Å². The molecule has 67 heavy (non-hydrogen) atoms. The number of carbonyl (C=O) groups excluding carboxylic acids is 3. The maximum absolute atomic E-state index is 15.3. The Balaban J connectivity index is 0.674. The highest BCUT2D eigenvalue weighted by molar-refractivity contribution is 6.00. The first-order valence-electron chi connectivity index (χ1n) is 22.8. The molecule has 0 radical (unpaired) electrons. The van der Waals surface area contributed by atoms with E-state index in [9.17, 15) is 19.5 Å². The van der Waals surface area contributed by atoms with E-state index >= 15 is 4.39 Å². The van der Waals surface area contributed by atoms with E-state index in [0.717, 1.165) is 49.7 Å². The molecule has 1 atom stereocenters. The smallest absolute Gasteiger partial charge is 0.359 e. The van der Waals surface area contributed by atoms with Crippen molar-refractivity contribution in [2.24, 2.45) is 0 Å². The summed E-state index contributed by atoms with van der Waals surface area (Å²) in [5.74, 6) is 0.817. The summed E-state index contributed by atoms with van der Waals surface area (Å²) in [6.07, 6.45) is 7.89. The van der Waals surface area contributed by atoms with Gasteiger partial charge in [-0.15, -0.1) is 0 Å². The van der Waals surface area contributed by atoms with Gasteiger partial charge in [-0.25, -0.2) is 19.0 Å². The number of amides is 1. The van der Waals surface area contributed by atoms with E-state index < -0.39 is 23.4 Å². The van der Waals surface area contributed by atoms with Gasteiger partial charge in [-0.05, 0) is 90.7 Å². The minimum Gasteiger partial charge on any atom is -0.508 e. The Hall–Kier alpha value is -7.86. The summed E-state index contributed by atoms with van der Waals surface area (Å²) < 4.78 is 35.1. The van der Waals surface area contributed by atoms with Crippen molar-refractivity contribution in [2.75, 3.05) is 18.5 Å². The van der Waals surface area contributed by atoms with Crippen LogP contribution in [0.4, 0.5) is 10.2 Å². The van der Waals surface area contributed by atoms with Crippen LogP contribution in [0.2, 0.25) is 0 Å². The minimum absolute atomic E-state index is 0.142. The van der Waals surface area contributed by atoms with Crippen LogP contribution in [0, 0.1) is 5.82 Å². The highest BCUT2D eigenvalue weighted by atomic mass is 19.1. The van der Waals surface area contributed by atoms with Crippen LogP contribution in [-0.4, -0.2) is 47.1 Å². The van der Waals surface area contributed by atoms with E-state index in [1.807, 2.05) is 78.9 Å². The number of aromatic hydroxyl groups is 1. The predicted molar refractivity (Wildman–Crippen MR) is 249 cm³/mol. The standard InChI is InChI=1S/C55H47FN4O7/c56-44-30-36(32-46-53(63)60-34-47(37-21-24-39(61)25-22-37)58-45(51(60)59-46)31-35-14-6-5-7-15-35)20-27-50(44)65-29-13-4-2-1-3-12-28-57-52(62)38-23-26-40-43(33-38)55(67-54(40)64)41-16-8-10-18-48(41)66-49-19-11-9-17-42(49)55/h5-11,14-27,30,33-34,46H,1-4,12-13,28-29,31-32H2,(H2,57,61,62)/p+1. The largest absolute Gasteiger partial charge is 0.508 e. The van der Waals surface area contributed by atoms with Crippen LogP contribution in [0.15, 0.2) is 146 Å². The van der Waals surface area contributed by atoms with Crippen molar-refractivity contribution < 1.29 is 42.7 Å². The number of nitrogens with one attached hydrogen (secondary N) is 2. The number of aromatic nitrogens is 2. The highest BCUT2D eigenvalue weighted by Gasteiger charge is 2.53. The second-order valence-corrected chi connectivity index (χ2v) is 17.2. The lowest BCUT2D eigenvalue weighted by molar-refractivity contribution is -0.552. The quantitative estimate of drug-likeness (QED) is 0.0492. The van der Waals surface area contributed by atoms with Gasteiger partial charge in [0.15, 0.2) is 23.2 Å². The first-order valence-corrected chi connectivity index (χ1v) is 22.8. The molecule has 0 saturated carbocycles. The normalized spacial score (nSPS) is 14.9. The topological polar surface area (TPSA) is 140 Å². The molecule has 6 aromatic carbocycles. The van der Waals surface area contributed by atoms with Gasteiger partial charge in [0.2, 0.25) is 0 Å². The summed E-state index contributed by atoms with van der Waals surface area (Å²) in [5.41, 5.74) is 5.46. The molecule has 0 saturated heterocycles. The third kappa shape index (κ3) is 8.58. The molecule has 3 aliphatic rings. The van der Waals surface area contributed by atoms with E-state index in [4.69, 9.17) is 19.2 Å². The van der Waals surface area contributed by atoms with E-state index in [-0.39, 0.29) is 29.7 Å². The summed E-state index contributed by atoms with van der Waals surface area (Å²) in [7, 11) is 0. The average Bonchev–Trinajstić information content (AvgIpc) is 3.82. The van der Waals surface area contributed by atoms with Crippen LogP contribution in [0.5, 0.6) is 23.0 Å². The van der Waals surface area contributed by atoms with E-state index in [1.165, 1.54) is 6.07 Å². The molecule has 3 N–H and O–H groups in total. The van der Waals surface area contributed by atoms with Crippen LogP contribution < -0.4 is 24.7 Å². The molecule has 336 valence electrons. The van der Waals surface area contributed by atoms with Gasteiger partial charge >= 0.3 is 17.7 Å². The molecule has 1 unspecified atom stereocenters. The van der Waals surface area contributed by atoms with Gasteiger partial charge in [-0.2, -0.15) is 4.57 Å². The Morgan fingerprint density at radius 2 is 1.48 bits per heavy atom. The first-order chi connectivity index (χ1) is 32.7. The molecule has 1 spiro atoms. The Labute approximate surface area is 387 Å². The van der Waals surface area contributed by atoms with Gasteiger partial charge in [0.1, 0.15) is 34.8 Å². The maximum Gasteiger partial charge on any atom is 0.359 e. The monoisotopic (exact) mass is 895 g/mol. The minimum atomic E-state index is -1.22.